The molecule has 2 aromatic heterocycles. The standard InChI is InChI=1S/C14H16N2O3S2/c1-7(14(18)19)20-6-10-15-12(17)11-8-4-2-3-5-9(8)21-13(11)16-10/h7H,2-6H2,1H3,(H,18,19)(H,15,16,17)/t7-/m0/s1. The van der Waals surface area contributed by atoms with Crippen LogP contribution < -0.4 is 5.56 Å². The molecule has 0 radical (unpaired) electrons. The van der Waals surface area contributed by atoms with Crippen LogP contribution in [-0.2, 0) is 23.4 Å². The summed E-state index contributed by atoms with van der Waals surface area (Å²) >= 11 is 2.87. The van der Waals surface area contributed by atoms with E-state index < -0.39 is 11.2 Å². The lowest BCUT2D eigenvalue weighted by Gasteiger charge is -2.09. The third kappa shape index (κ3) is 2.85. The number of aromatic amines is 1. The van der Waals surface area contributed by atoms with Crippen LogP contribution in [0.5, 0.6) is 0 Å². The number of aryl methyl sites for hydroxylation is 2. The monoisotopic (exact) mass is 324 g/mol. The summed E-state index contributed by atoms with van der Waals surface area (Å²) in [7, 11) is 0. The molecule has 0 saturated heterocycles. The minimum Gasteiger partial charge on any atom is -0.480 e. The molecule has 1 atom stereocenters. The van der Waals surface area contributed by atoms with Gasteiger partial charge in [-0.25, -0.2) is 4.98 Å². The first kappa shape index (κ1) is 14.6. The maximum absolute atomic E-state index is 12.3. The number of nitrogens with one attached hydrogen (secondary N) is 1. The average molecular weight is 324 g/mol. The fourth-order valence-corrected chi connectivity index (χ4v) is 4.52. The molecule has 1 aliphatic rings. The van der Waals surface area contributed by atoms with Crippen LogP contribution in [0.4, 0.5) is 0 Å². The first-order valence-electron chi connectivity index (χ1n) is 6.94. The molecule has 1 aliphatic carbocycles. The number of nitrogens with zero attached hydrogens (tertiary/aromatic N) is 1. The normalized spacial score (nSPS) is 15.9. The summed E-state index contributed by atoms with van der Waals surface area (Å²) in [6.45, 7) is 1.63. The van der Waals surface area contributed by atoms with Crippen LogP contribution in [0.2, 0.25) is 0 Å². The minimum absolute atomic E-state index is 0.0852. The van der Waals surface area contributed by atoms with Gasteiger partial charge in [-0.15, -0.1) is 23.1 Å². The molecule has 0 bridgehead atoms. The Bertz CT molecular complexity index is 750. The van der Waals surface area contributed by atoms with Gasteiger partial charge < -0.3 is 10.1 Å². The van der Waals surface area contributed by atoms with E-state index in [2.05, 4.69) is 9.97 Å². The number of carboxylic acids is 1. The van der Waals surface area contributed by atoms with Gasteiger partial charge in [-0.05, 0) is 38.2 Å². The molecule has 2 aromatic rings. The number of aliphatic carboxylic acids is 1. The van der Waals surface area contributed by atoms with Crippen molar-refractivity contribution in [2.45, 2.75) is 43.6 Å². The highest BCUT2D eigenvalue weighted by molar-refractivity contribution is 7.99. The summed E-state index contributed by atoms with van der Waals surface area (Å²) in [5.41, 5.74) is 1.09. The highest BCUT2D eigenvalue weighted by atomic mass is 32.2. The van der Waals surface area contributed by atoms with Crippen LogP contribution in [-0.4, -0.2) is 26.3 Å². The van der Waals surface area contributed by atoms with Crippen molar-refractivity contribution < 1.29 is 9.90 Å². The maximum atomic E-state index is 12.3. The van der Waals surface area contributed by atoms with Gasteiger partial charge >= 0.3 is 5.97 Å². The summed E-state index contributed by atoms with van der Waals surface area (Å²) < 4.78 is 0. The van der Waals surface area contributed by atoms with Gasteiger partial charge in [0.2, 0.25) is 0 Å². The summed E-state index contributed by atoms with van der Waals surface area (Å²) in [6.07, 6.45) is 4.31. The van der Waals surface area contributed by atoms with Gasteiger partial charge in [0.1, 0.15) is 10.7 Å². The van der Waals surface area contributed by atoms with Gasteiger partial charge in [0.05, 0.1) is 16.4 Å². The third-order valence-corrected chi connectivity index (χ3v) is 6.02. The number of carboxylic acid groups (broad SMARTS) is 1. The van der Waals surface area contributed by atoms with Crippen molar-refractivity contribution in [3.63, 3.8) is 0 Å². The lowest BCUT2D eigenvalue weighted by Crippen LogP contribution is -2.15. The van der Waals surface area contributed by atoms with E-state index >= 15 is 0 Å². The number of thiophene rings is 1. The molecular formula is C14H16N2O3S2. The predicted octanol–water partition coefficient (Wildman–Crippen LogP) is 2.57. The second kappa shape index (κ2) is 5.81. The summed E-state index contributed by atoms with van der Waals surface area (Å²) in [4.78, 5) is 32.5. The van der Waals surface area contributed by atoms with E-state index in [9.17, 15) is 9.59 Å². The number of rotatable bonds is 4. The molecule has 0 amide bonds. The van der Waals surface area contributed by atoms with Crippen molar-refractivity contribution in [3.8, 4) is 0 Å². The van der Waals surface area contributed by atoms with Crippen LogP contribution in [0, 0.1) is 0 Å². The average Bonchev–Trinajstić information content (AvgIpc) is 2.83. The van der Waals surface area contributed by atoms with Crippen LogP contribution in [0.15, 0.2) is 4.79 Å². The van der Waals surface area contributed by atoms with Crippen molar-refractivity contribution in [2.75, 3.05) is 0 Å². The second-order valence-corrected chi connectivity index (χ2v) is 7.61. The Morgan fingerprint density at radius 3 is 3.00 bits per heavy atom. The van der Waals surface area contributed by atoms with E-state index in [1.165, 1.54) is 28.6 Å². The number of H-pyrrole nitrogens is 1. The van der Waals surface area contributed by atoms with E-state index in [1.807, 2.05) is 0 Å². The highest BCUT2D eigenvalue weighted by Crippen LogP contribution is 2.33. The second-order valence-electron chi connectivity index (χ2n) is 5.20. The van der Waals surface area contributed by atoms with E-state index in [0.717, 1.165) is 29.5 Å². The molecule has 3 rings (SSSR count). The topological polar surface area (TPSA) is 83.0 Å². The Morgan fingerprint density at radius 1 is 1.48 bits per heavy atom. The van der Waals surface area contributed by atoms with E-state index in [-0.39, 0.29) is 5.56 Å². The highest BCUT2D eigenvalue weighted by Gasteiger charge is 2.20. The first-order valence-corrected chi connectivity index (χ1v) is 8.80. The van der Waals surface area contributed by atoms with Crippen molar-refractivity contribution in [1.82, 2.24) is 9.97 Å². The zero-order chi connectivity index (χ0) is 15.0. The number of hydrogen-bond donors (Lipinski definition) is 2. The SMILES string of the molecule is C[C@H](SCc1nc2sc3c(c2c(=O)[nH]1)CCCC3)C(=O)O. The molecule has 0 fully saturated rings. The molecule has 5 nitrogen and oxygen atoms in total. The summed E-state index contributed by atoms with van der Waals surface area (Å²) in [5.74, 6) is 0.112. The van der Waals surface area contributed by atoms with Gasteiger partial charge in [-0.1, -0.05) is 0 Å². The van der Waals surface area contributed by atoms with E-state index in [0.29, 0.717) is 11.6 Å². The zero-order valence-corrected chi connectivity index (χ0v) is 13.3. The van der Waals surface area contributed by atoms with Crippen LogP contribution in [0.1, 0.15) is 36.0 Å². The zero-order valence-electron chi connectivity index (χ0n) is 11.6. The molecule has 0 spiro atoms. The third-order valence-electron chi connectivity index (χ3n) is 3.69. The summed E-state index contributed by atoms with van der Waals surface area (Å²) in [6, 6.07) is 0. The smallest absolute Gasteiger partial charge is 0.316 e. The summed E-state index contributed by atoms with van der Waals surface area (Å²) in [5, 5.41) is 9.12. The van der Waals surface area contributed by atoms with E-state index in [4.69, 9.17) is 5.11 Å². The number of hydrogen-bond acceptors (Lipinski definition) is 5. The molecule has 0 aromatic carbocycles. The lowest BCUT2D eigenvalue weighted by atomic mass is 9.97. The van der Waals surface area contributed by atoms with E-state index in [1.54, 1.807) is 18.3 Å². The molecule has 21 heavy (non-hydrogen) atoms. The van der Waals surface area contributed by atoms with Gasteiger partial charge in [-0.3, -0.25) is 9.59 Å². The van der Waals surface area contributed by atoms with Crippen molar-refractivity contribution in [3.05, 3.63) is 26.6 Å². The number of aromatic nitrogens is 2. The van der Waals surface area contributed by atoms with Crippen molar-refractivity contribution >= 4 is 39.3 Å². The molecule has 0 saturated carbocycles. The van der Waals surface area contributed by atoms with Crippen LogP contribution >= 0.6 is 23.1 Å². The minimum atomic E-state index is -0.852. The fourth-order valence-electron chi connectivity index (χ4n) is 2.55. The Labute approximate surface area is 129 Å². The lowest BCUT2D eigenvalue weighted by molar-refractivity contribution is -0.136. The maximum Gasteiger partial charge on any atom is 0.316 e. The van der Waals surface area contributed by atoms with Gasteiger partial charge in [-0.2, -0.15) is 0 Å². The van der Waals surface area contributed by atoms with Crippen molar-refractivity contribution in [1.29, 1.82) is 0 Å². The number of carbonyl (C=O) groups is 1. The molecule has 2 heterocycles. The Hall–Kier alpha value is -1.34. The molecule has 0 aliphatic heterocycles. The van der Waals surface area contributed by atoms with Crippen molar-refractivity contribution in [2.24, 2.45) is 0 Å². The van der Waals surface area contributed by atoms with Gasteiger partial charge in [0, 0.05) is 4.88 Å². The van der Waals surface area contributed by atoms with Crippen LogP contribution in [0.25, 0.3) is 10.2 Å². The molecule has 112 valence electrons. The Balaban J connectivity index is 1.92. The first-order chi connectivity index (χ1) is 10.1. The number of thioether (sulfide) groups is 1. The quantitative estimate of drug-likeness (QED) is 0.903. The largest absolute Gasteiger partial charge is 0.480 e. The number of fused-ring (bicyclic) bond motifs is 3. The van der Waals surface area contributed by atoms with Gasteiger partial charge in [0.15, 0.2) is 0 Å². The van der Waals surface area contributed by atoms with Gasteiger partial charge in [0.25, 0.3) is 5.56 Å². The molecule has 7 heteroatoms. The Kier molecular flexibility index (Phi) is 4.03. The Morgan fingerprint density at radius 2 is 2.24 bits per heavy atom. The fraction of sp³-hybridized carbons (Fsp3) is 0.500. The molecule has 0 unspecified atom stereocenters. The molecular weight excluding hydrogens is 308 g/mol. The predicted molar refractivity (Wildman–Crippen MR) is 85.3 cm³/mol. The molecule has 2 N–H and O–H groups in total. The van der Waals surface area contributed by atoms with Crippen LogP contribution in [0.3, 0.4) is 0 Å².